The molecule has 0 bridgehead atoms. The van der Waals surface area contributed by atoms with Crippen molar-refractivity contribution in [3.8, 4) is 0 Å². The third-order valence-electron chi connectivity index (χ3n) is 1.85. The van der Waals surface area contributed by atoms with Crippen LogP contribution in [-0.4, -0.2) is 43.4 Å². The van der Waals surface area contributed by atoms with Crippen molar-refractivity contribution < 1.29 is 14.6 Å². The maximum absolute atomic E-state index is 10.0. The van der Waals surface area contributed by atoms with E-state index in [1.54, 1.807) is 13.8 Å². The van der Waals surface area contributed by atoms with Crippen LogP contribution in [0.2, 0.25) is 0 Å². The predicted molar refractivity (Wildman–Crippen MR) is 54.1 cm³/mol. The molecule has 0 unspecified atom stereocenters. The van der Waals surface area contributed by atoms with Crippen molar-refractivity contribution in [3.05, 3.63) is 0 Å². The van der Waals surface area contributed by atoms with Crippen LogP contribution in [-0.2, 0) is 9.53 Å². The van der Waals surface area contributed by atoms with Gasteiger partial charge < -0.3 is 20.9 Å². The highest BCUT2D eigenvalue weighted by molar-refractivity contribution is 5.73. The first-order valence-corrected chi connectivity index (χ1v) is 4.82. The molecular weight excluding hydrogens is 184 g/mol. The molecular formula is C9H20N2O3. The molecule has 1 atom stereocenters. The summed E-state index contributed by atoms with van der Waals surface area (Å²) < 4.78 is 5.01. The van der Waals surface area contributed by atoms with E-state index in [1.807, 2.05) is 0 Å². The molecule has 4 N–H and O–H groups in total. The quantitative estimate of drug-likeness (QED) is 0.573. The van der Waals surface area contributed by atoms with E-state index in [9.17, 15) is 4.79 Å². The van der Waals surface area contributed by atoms with Gasteiger partial charge in [-0.3, -0.25) is 4.79 Å². The number of carbonyl (C=O) groups is 1. The van der Waals surface area contributed by atoms with Gasteiger partial charge in [-0.2, -0.15) is 0 Å². The first-order chi connectivity index (χ1) is 6.55. The second-order valence-electron chi connectivity index (χ2n) is 3.47. The van der Waals surface area contributed by atoms with Crippen LogP contribution in [0.5, 0.6) is 0 Å². The normalized spacial score (nSPS) is 18.3. The molecule has 5 heteroatoms. The summed E-state index contributed by atoms with van der Waals surface area (Å²) in [6.45, 7) is 7.39. The van der Waals surface area contributed by atoms with Gasteiger partial charge in [0, 0.05) is 13.1 Å². The molecule has 1 aliphatic rings. The van der Waals surface area contributed by atoms with Crippen LogP contribution < -0.4 is 11.1 Å². The zero-order chi connectivity index (χ0) is 11.0. The van der Waals surface area contributed by atoms with Crippen LogP contribution in [0.25, 0.3) is 0 Å². The zero-order valence-corrected chi connectivity index (χ0v) is 8.82. The minimum absolute atomic E-state index is 0.0208. The summed E-state index contributed by atoms with van der Waals surface area (Å²) in [5.41, 5.74) is 5.16. The Morgan fingerprint density at radius 1 is 1.43 bits per heavy atom. The van der Waals surface area contributed by atoms with Crippen molar-refractivity contribution in [2.45, 2.75) is 19.9 Å². The van der Waals surface area contributed by atoms with Gasteiger partial charge in [-0.1, -0.05) is 13.8 Å². The second kappa shape index (κ2) is 7.73. The number of rotatable bonds is 2. The van der Waals surface area contributed by atoms with E-state index in [2.05, 4.69) is 5.32 Å². The molecule has 0 aromatic rings. The molecule has 0 amide bonds. The summed E-state index contributed by atoms with van der Waals surface area (Å²) >= 11 is 0. The third kappa shape index (κ3) is 6.82. The molecule has 14 heavy (non-hydrogen) atoms. The Labute approximate surface area is 84.6 Å². The van der Waals surface area contributed by atoms with Crippen LogP contribution in [0.3, 0.4) is 0 Å². The Hall–Kier alpha value is -0.650. The summed E-state index contributed by atoms with van der Waals surface area (Å²) in [6.07, 6.45) is 0. The average Bonchev–Trinajstić information content (AvgIpc) is 2.20. The molecule has 84 valence electrons. The number of ether oxygens (including phenoxy) is 1. The number of nitrogens with one attached hydrogen (secondary N) is 1. The fraction of sp³-hybridized carbons (Fsp3) is 0.889. The van der Waals surface area contributed by atoms with Gasteiger partial charge in [0.25, 0.3) is 0 Å². The Morgan fingerprint density at radius 2 is 1.93 bits per heavy atom. The van der Waals surface area contributed by atoms with E-state index in [-0.39, 0.29) is 5.92 Å². The van der Waals surface area contributed by atoms with Crippen LogP contribution in [0.4, 0.5) is 0 Å². The zero-order valence-electron chi connectivity index (χ0n) is 8.82. The topological polar surface area (TPSA) is 84.6 Å². The summed E-state index contributed by atoms with van der Waals surface area (Å²) in [5, 5.41) is 11.4. The standard InChI is InChI=1S/C5H11NO2.C4H9NO/c1-3(2)4(6)5(7)8;1-3-6-4-2-5-1/h3-4H,6H2,1-2H3,(H,7,8);5H,1-4H2/t4-;/m0./s1. The van der Waals surface area contributed by atoms with Crippen molar-refractivity contribution in [3.63, 3.8) is 0 Å². The Morgan fingerprint density at radius 3 is 2.00 bits per heavy atom. The second-order valence-corrected chi connectivity index (χ2v) is 3.47. The van der Waals surface area contributed by atoms with Crippen molar-refractivity contribution in [1.29, 1.82) is 0 Å². The van der Waals surface area contributed by atoms with Crippen molar-refractivity contribution in [2.75, 3.05) is 26.3 Å². The minimum atomic E-state index is -0.931. The molecule has 1 rings (SSSR count). The lowest BCUT2D eigenvalue weighted by molar-refractivity contribution is -0.139. The van der Waals surface area contributed by atoms with E-state index < -0.39 is 12.0 Å². The first-order valence-electron chi connectivity index (χ1n) is 4.82. The molecule has 0 spiro atoms. The van der Waals surface area contributed by atoms with Gasteiger partial charge in [0.1, 0.15) is 6.04 Å². The fourth-order valence-electron chi connectivity index (χ4n) is 0.801. The fourth-order valence-corrected chi connectivity index (χ4v) is 0.801. The number of hydrogen-bond acceptors (Lipinski definition) is 4. The number of carboxylic acids is 1. The van der Waals surface area contributed by atoms with Crippen LogP contribution in [0, 0.1) is 5.92 Å². The summed E-state index contributed by atoms with van der Waals surface area (Å²) in [7, 11) is 0. The number of hydrogen-bond donors (Lipinski definition) is 3. The lowest BCUT2D eigenvalue weighted by atomic mass is 10.1. The molecule has 1 saturated heterocycles. The van der Waals surface area contributed by atoms with Crippen LogP contribution in [0.1, 0.15) is 13.8 Å². The molecule has 0 aromatic heterocycles. The third-order valence-corrected chi connectivity index (χ3v) is 1.85. The number of aliphatic carboxylic acids is 1. The summed E-state index contributed by atoms with van der Waals surface area (Å²) in [5.74, 6) is -0.910. The van der Waals surface area contributed by atoms with Crippen molar-refractivity contribution >= 4 is 5.97 Å². The van der Waals surface area contributed by atoms with E-state index in [0.717, 1.165) is 26.3 Å². The molecule has 0 aliphatic carbocycles. The summed E-state index contributed by atoms with van der Waals surface area (Å²) in [6, 6.07) is -0.713. The highest BCUT2D eigenvalue weighted by atomic mass is 16.5. The molecule has 1 fully saturated rings. The van der Waals surface area contributed by atoms with Gasteiger partial charge in [0.2, 0.25) is 0 Å². The SMILES string of the molecule is C1COCCN1.CC(C)[C@H](N)C(=O)O. The Kier molecular flexibility index (Phi) is 7.37. The van der Waals surface area contributed by atoms with Gasteiger partial charge >= 0.3 is 5.97 Å². The van der Waals surface area contributed by atoms with Gasteiger partial charge in [0.15, 0.2) is 0 Å². The lowest BCUT2D eigenvalue weighted by Crippen LogP contribution is -2.34. The molecule has 0 radical (unpaired) electrons. The van der Waals surface area contributed by atoms with Crippen LogP contribution >= 0.6 is 0 Å². The first kappa shape index (κ1) is 13.4. The maximum atomic E-state index is 10.0. The molecule has 0 aromatic carbocycles. The molecule has 1 heterocycles. The van der Waals surface area contributed by atoms with E-state index in [0.29, 0.717) is 0 Å². The molecule has 0 saturated carbocycles. The van der Waals surface area contributed by atoms with Gasteiger partial charge in [0.05, 0.1) is 13.2 Å². The number of morpholine rings is 1. The largest absolute Gasteiger partial charge is 0.480 e. The van der Waals surface area contributed by atoms with Crippen molar-refractivity contribution in [1.82, 2.24) is 5.32 Å². The maximum Gasteiger partial charge on any atom is 0.320 e. The van der Waals surface area contributed by atoms with E-state index in [1.165, 1.54) is 0 Å². The van der Waals surface area contributed by atoms with Crippen LogP contribution in [0.15, 0.2) is 0 Å². The van der Waals surface area contributed by atoms with E-state index in [4.69, 9.17) is 15.6 Å². The highest BCUT2D eigenvalue weighted by Gasteiger charge is 2.14. The molecule has 1 aliphatic heterocycles. The average molecular weight is 204 g/mol. The Bertz CT molecular complexity index is 147. The van der Waals surface area contributed by atoms with Crippen molar-refractivity contribution in [2.24, 2.45) is 11.7 Å². The predicted octanol–water partition coefficient (Wildman–Crippen LogP) is -0.339. The highest BCUT2D eigenvalue weighted by Crippen LogP contribution is 1.96. The van der Waals surface area contributed by atoms with Gasteiger partial charge in [-0.05, 0) is 5.92 Å². The Balaban J connectivity index is 0.000000249. The van der Waals surface area contributed by atoms with E-state index >= 15 is 0 Å². The summed E-state index contributed by atoms with van der Waals surface area (Å²) in [4.78, 5) is 10.0. The molecule has 5 nitrogen and oxygen atoms in total. The monoisotopic (exact) mass is 204 g/mol. The number of nitrogens with two attached hydrogens (primary N) is 1. The minimum Gasteiger partial charge on any atom is -0.480 e. The lowest BCUT2D eigenvalue weighted by Gasteiger charge is -2.10. The van der Waals surface area contributed by atoms with Gasteiger partial charge in [-0.25, -0.2) is 0 Å². The number of carboxylic acid groups (broad SMARTS) is 1. The van der Waals surface area contributed by atoms with Gasteiger partial charge in [-0.15, -0.1) is 0 Å². The smallest absolute Gasteiger partial charge is 0.320 e.